The molecular formula is C32H35N7O. The van der Waals surface area contributed by atoms with Gasteiger partial charge in [-0.25, -0.2) is 15.0 Å². The fourth-order valence-corrected chi connectivity index (χ4v) is 5.26. The molecule has 0 saturated carbocycles. The highest BCUT2D eigenvalue weighted by Gasteiger charge is 2.18. The van der Waals surface area contributed by atoms with Crippen LogP contribution in [0.5, 0.6) is 0 Å². The van der Waals surface area contributed by atoms with Crippen molar-refractivity contribution >= 4 is 39.5 Å². The van der Waals surface area contributed by atoms with Crippen molar-refractivity contribution in [3.8, 4) is 11.1 Å². The Kier molecular flexibility index (Phi) is 6.94. The van der Waals surface area contributed by atoms with Gasteiger partial charge in [-0.2, -0.15) is 0 Å². The fourth-order valence-electron chi connectivity index (χ4n) is 5.26. The third-order valence-corrected chi connectivity index (χ3v) is 7.75. The normalized spacial score (nSPS) is 14.7. The number of hydrogen-bond acceptors (Lipinski definition) is 6. The van der Waals surface area contributed by atoms with Crippen molar-refractivity contribution in [1.82, 2.24) is 24.8 Å². The molecule has 0 radical (unpaired) electrons. The molecule has 1 fully saturated rings. The van der Waals surface area contributed by atoms with E-state index >= 15 is 0 Å². The molecule has 8 nitrogen and oxygen atoms in total. The summed E-state index contributed by atoms with van der Waals surface area (Å²) in [6.45, 7) is 8.44. The molecule has 2 aromatic heterocycles. The van der Waals surface area contributed by atoms with Gasteiger partial charge in [0, 0.05) is 34.8 Å². The number of benzene rings is 3. The standard InChI is InChI=1S/C32H35N7O/c1-19(2)30-36-28-10-8-25(17-29(28)37-30)34-31(40)22-6-5-20(3)26(16-22)21-7-9-27-23(15-21)18-33-32(38-27)35-24-11-13-39(4)14-12-24/h5-10,15-19,24H,11-14H2,1-4H3,(H,34,40)(H,36,37)(H,33,35,38). The van der Waals surface area contributed by atoms with Crippen LogP contribution in [0.4, 0.5) is 11.6 Å². The van der Waals surface area contributed by atoms with Crippen molar-refractivity contribution in [3.63, 3.8) is 0 Å². The molecule has 5 aromatic rings. The number of aromatic amines is 1. The Balaban J connectivity index is 1.21. The monoisotopic (exact) mass is 533 g/mol. The van der Waals surface area contributed by atoms with E-state index in [0.717, 1.165) is 76.1 Å². The molecule has 0 aliphatic carbocycles. The van der Waals surface area contributed by atoms with Gasteiger partial charge in [0.05, 0.1) is 16.6 Å². The number of imidazole rings is 1. The van der Waals surface area contributed by atoms with E-state index in [1.54, 1.807) is 0 Å². The van der Waals surface area contributed by atoms with Crippen LogP contribution in [0, 0.1) is 6.92 Å². The number of fused-ring (bicyclic) bond motifs is 2. The highest BCUT2D eigenvalue weighted by atomic mass is 16.1. The first-order valence-corrected chi connectivity index (χ1v) is 14.0. The Hall–Kier alpha value is -4.30. The minimum atomic E-state index is -0.155. The smallest absolute Gasteiger partial charge is 0.255 e. The summed E-state index contributed by atoms with van der Waals surface area (Å²) >= 11 is 0. The van der Waals surface area contributed by atoms with E-state index in [1.807, 2.05) is 48.7 Å². The third-order valence-electron chi connectivity index (χ3n) is 7.75. The Morgan fingerprint density at radius 3 is 2.60 bits per heavy atom. The zero-order valence-corrected chi connectivity index (χ0v) is 23.5. The van der Waals surface area contributed by atoms with Gasteiger partial charge in [0.25, 0.3) is 5.91 Å². The maximum Gasteiger partial charge on any atom is 0.255 e. The van der Waals surface area contributed by atoms with E-state index in [2.05, 4.69) is 70.4 Å². The van der Waals surface area contributed by atoms with Crippen LogP contribution in [0.1, 0.15) is 54.4 Å². The van der Waals surface area contributed by atoms with Crippen LogP contribution >= 0.6 is 0 Å². The van der Waals surface area contributed by atoms with E-state index in [1.165, 1.54) is 0 Å². The number of carbonyl (C=O) groups is 1. The number of aromatic nitrogens is 4. The van der Waals surface area contributed by atoms with Gasteiger partial charge in [-0.1, -0.05) is 26.0 Å². The lowest BCUT2D eigenvalue weighted by Gasteiger charge is -2.29. The second-order valence-electron chi connectivity index (χ2n) is 11.2. The minimum absolute atomic E-state index is 0.155. The molecule has 0 bridgehead atoms. The maximum atomic E-state index is 13.2. The number of aryl methyl sites for hydroxylation is 1. The molecule has 1 amide bonds. The molecule has 1 aliphatic heterocycles. The number of nitrogens with zero attached hydrogens (tertiary/aromatic N) is 4. The van der Waals surface area contributed by atoms with Crippen LogP contribution in [0.25, 0.3) is 33.1 Å². The maximum absolute atomic E-state index is 13.2. The summed E-state index contributed by atoms with van der Waals surface area (Å²) in [4.78, 5) is 32.9. The first kappa shape index (κ1) is 26.0. The van der Waals surface area contributed by atoms with Crippen molar-refractivity contribution in [2.24, 2.45) is 0 Å². The molecule has 8 heteroatoms. The van der Waals surface area contributed by atoms with Crippen molar-refractivity contribution in [1.29, 1.82) is 0 Å². The second kappa shape index (κ2) is 10.7. The summed E-state index contributed by atoms with van der Waals surface area (Å²) < 4.78 is 0. The Bertz CT molecular complexity index is 1700. The summed E-state index contributed by atoms with van der Waals surface area (Å²) in [5.41, 5.74) is 7.16. The van der Waals surface area contributed by atoms with Crippen LogP contribution in [-0.4, -0.2) is 56.9 Å². The molecule has 1 aliphatic rings. The molecule has 3 N–H and O–H groups in total. The van der Waals surface area contributed by atoms with Crippen LogP contribution in [0.2, 0.25) is 0 Å². The SMILES string of the molecule is Cc1ccc(C(=O)Nc2ccc3nc(C(C)C)[nH]c3c2)cc1-c1ccc2nc(NC3CCN(C)CC3)ncc2c1. The summed E-state index contributed by atoms with van der Waals surface area (Å²) in [5.74, 6) is 1.77. The highest BCUT2D eigenvalue weighted by molar-refractivity contribution is 6.06. The molecule has 40 heavy (non-hydrogen) atoms. The molecule has 1 saturated heterocycles. The molecule has 3 aromatic carbocycles. The van der Waals surface area contributed by atoms with Crippen molar-refractivity contribution in [2.45, 2.75) is 45.6 Å². The Labute approximate surface area is 234 Å². The Morgan fingerprint density at radius 1 is 1.00 bits per heavy atom. The zero-order chi connectivity index (χ0) is 27.8. The van der Waals surface area contributed by atoms with Crippen LogP contribution in [-0.2, 0) is 0 Å². The van der Waals surface area contributed by atoms with E-state index in [9.17, 15) is 4.79 Å². The van der Waals surface area contributed by atoms with Crippen LogP contribution in [0.3, 0.4) is 0 Å². The van der Waals surface area contributed by atoms with Gasteiger partial charge in [-0.05, 0) is 99.1 Å². The number of likely N-dealkylation sites (tertiary alicyclic amines) is 1. The molecule has 0 spiro atoms. The average Bonchev–Trinajstić information content (AvgIpc) is 3.38. The number of H-pyrrole nitrogens is 1. The lowest BCUT2D eigenvalue weighted by molar-refractivity contribution is 0.102. The van der Waals surface area contributed by atoms with Crippen molar-refractivity contribution < 1.29 is 4.79 Å². The number of piperidine rings is 1. The zero-order valence-electron chi connectivity index (χ0n) is 23.5. The second-order valence-corrected chi connectivity index (χ2v) is 11.2. The topological polar surface area (TPSA) is 98.8 Å². The summed E-state index contributed by atoms with van der Waals surface area (Å²) in [7, 11) is 2.16. The quantitative estimate of drug-likeness (QED) is 0.235. The van der Waals surface area contributed by atoms with Gasteiger partial charge in [0.1, 0.15) is 5.82 Å². The largest absolute Gasteiger partial charge is 0.351 e. The molecule has 0 unspecified atom stereocenters. The van der Waals surface area contributed by atoms with Crippen molar-refractivity contribution in [2.75, 3.05) is 30.8 Å². The van der Waals surface area contributed by atoms with Crippen LogP contribution < -0.4 is 10.6 Å². The fraction of sp³-hybridized carbons (Fsp3) is 0.312. The first-order chi connectivity index (χ1) is 19.3. The lowest BCUT2D eigenvalue weighted by atomic mass is 9.97. The first-order valence-electron chi connectivity index (χ1n) is 14.0. The predicted molar refractivity (Wildman–Crippen MR) is 162 cm³/mol. The molecule has 0 atom stereocenters. The minimum Gasteiger partial charge on any atom is -0.351 e. The summed E-state index contributed by atoms with van der Waals surface area (Å²) in [6, 6.07) is 18.2. The summed E-state index contributed by atoms with van der Waals surface area (Å²) in [6.07, 6.45) is 4.07. The number of carbonyl (C=O) groups excluding carboxylic acids is 1. The lowest BCUT2D eigenvalue weighted by Crippen LogP contribution is -2.37. The average molecular weight is 534 g/mol. The van der Waals surface area contributed by atoms with Gasteiger partial charge in [-0.15, -0.1) is 0 Å². The molecule has 204 valence electrons. The molecule has 6 rings (SSSR count). The van der Waals surface area contributed by atoms with Gasteiger partial charge in [0.15, 0.2) is 0 Å². The van der Waals surface area contributed by atoms with Gasteiger partial charge >= 0.3 is 0 Å². The Morgan fingerprint density at radius 2 is 1.80 bits per heavy atom. The number of anilines is 2. The van der Waals surface area contributed by atoms with E-state index in [4.69, 9.17) is 4.98 Å². The van der Waals surface area contributed by atoms with E-state index < -0.39 is 0 Å². The van der Waals surface area contributed by atoms with E-state index in [-0.39, 0.29) is 5.91 Å². The third kappa shape index (κ3) is 5.40. The summed E-state index contributed by atoms with van der Waals surface area (Å²) in [5, 5.41) is 7.52. The molecule has 3 heterocycles. The number of hydrogen-bond donors (Lipinski definition) is 3. The number of amides is 1. The highest BCUT2D eigenvalue weighted by Crippen LogP contribution is 2.29. The van der Waals surface area contributed by atoms with Crippen LogP contribution in [0.15, 0.2) is 60.8 Å². The predicted octanol–water partition coefficient (Wildman–Crippen LogP) is 6.36. The van der Waals surface area contributed by atoms with E-state index in [0.29, 0.717) is 23.5 Å². The number of rotatable bonds is 6. The number of nitrogens with one attached hydrogen (secondary N) is 3. The van der Waals surface area contributed by atoms with Crippen molar-refractivity contribution in [3.05, 3.63) is 77.7 Å². The molecular weight excluding hydrogens is 498 g/mol. The van der Waals surface area contributed by atoms with Gasteiger partial charge < -0.3 is 20.5 Å². The van der Waals surface area contributed by atoms with Gasteiger partial charge in [-0.3, -0.25) is 4.79 Å². The van der Waals surface area contributed by atoms with Gasteiger partial charge in [0.2, 0.25) is 5.95 Å².